The lowest BCUT2D eigenvalue weighted by atomic mass is 10.0. The summed E-state index contributed by atoms with van der Waals surface area (Å²) in [7, 11) is 0. The number of rotatable bonds is 2. The van der Waals surface area contributed by atoms with Crippen molar-refractivity contribution in [2.75, 3.05) is 6.61 Å². The van der Waals surface area contributed by atoms with Gasteiger partial charge in [-0.1, -0.05) is 5.92 Å². The molecule has 1 aliphatic heterocycles. The summed E-state index contributed by atoms with van der Waals surface area (Å²) >= 11 is 0. The minimum Gasteiger partial charge on any atom is -0.394 e. The van der Waals surface area contributed by atoms with Gasteiger partial charge in [0.2, 0.25) is 0 Å². The Morgan fingerprint density at radius 2 is 2.39 bits per heavy atom. The first-order valence-corrected chi connectivity index (χ1v) is 5.22. The molecule has 2 rings (SSSR count). The molecular weight excluding hydrogens is 243 g/mol. The Balaban J connectivity index is 2.39. The molecule has 0 radical (unpaired) electrons. The Morgan fingerprint density at radius 1 is 1.67 bits per heavy atom. The van der Waals surface area contributed by atoms with E-state index in [-0.39, 0.29) is 11.3 Å². The second-order valence-electron chi connectivity index (χ2n) is 3.88. The zero-order valence-corrected chi connectivity index (χ0v) is 9.21. The van der Waals surface area contributed by atoms with Crippen LogP contribution in [0.3, 0.4) is 0 Å². The Hall–Kier alpha value is -1.75. The number of halogens is 1. The molecule has 1 saturated heterocycles. The number of nitrogens with one attached hydrogen (secondary N) is 1. The first kappa shape index (κ1) is 12.7. The molecule has 0 spiro atoms. The molecule has 1 aromatic rings. The normalized spacial score (nSPS) is 31.2. The predicted molar refractivity (Wildman–Crippen MR) is 58.4 cm³/mol. The van der Waals surface area contributed by atoms with Crippen LogP contribution in [-0.4, -0.2) is 45.2 Å². The molecule has 4 atom stereocenters. The van der Waals surface area contributed by atoms with Crippen molar-refractivity contribution < 1.29 is 19.3 Å². The Bertz CT molecular complexity index is 539. The predicted octanol–water partition coefficient (Wildman–Crippen LogP) is -1.12. The monoisotopic (exact) mass is 254 g/mol. The molecule has 0 bridgehead atoms. The van der Waals surface area contributed by atoms with Crippen molar-refractivity contribution >= 4 is 0 Å². The fraction of sp³-hybridized carbons (Fsp3) is 0.455. The van der Waals surface area contributed by atoms with E-state index in [4.69, 9.17) is 16.3 Å². The summed E-state index contributed by atoms with van der Waals surface area (Å²) in [5.74, 6) is 2.20. The lowest BCUT2D eigenvalue weighted by Gasteiger charge is -2.14. The number of H-pyrrole nitrogens is 1. The van der Waals surface area contributed by atoms with Crippen LogP contribution in [0.2, 0.25) is 0 Å². The Morgan fingerprint density at radius 3 is 2.94 bits per heavy atom. The van der Waals surface area contributed by atoms with Gasteiger partial charge in [0.05, 0.1) is 6.61 Å². The maximum atomic E-state index is 13.8. The lowest BCUT2D eigenvalue weighted by molar-refractivity contribution is -0.0228. The Labute approximate surface area is 101 Å². The summed E-state index contributed by atoms with van der Waals surface area (Å²) in [6, 6.07) is 0. The standard InChI is InChI=1S/C11H11FN2O4/c1-2-6-5(3-13-11(17)14-6)10-8(12)9(16)7(4-15)18-10/h1,3,7-10,15-16H,4H2,(H,13,14,17)/t7-,8+,9?,10+/m1/s1. The van der Waals surface area contributed by atoms with Crippen molar-refractivity contribution in [3.63, 3.8) is 0 Å². The highest BCUT2D eigenvalue weighted by Crippen LogP contribution is 2.35. The zero-order valence-electron chi connectivity index (χ0n) is 9.21. The van der Waals surface area contributed by atoms with Gasteiger partial charge in [-0.3, -0.25) is 4.98 Å². The fourth-order valence-electron chi connectivity index (χ4n) is 1.86. The van der Waals surface area contributed by atoms with Gasteiger partial charge in [-0.25, -0.2) is 14.2 Å². The van der Waals surface area contributed by atoms with E-state index < -0.39 is 36.8 Å². The molecule has 18 heavy (non-hydrogen) atoms. The molecule has 0 saturated carbocycles. The fourth-order valence-corrected chi connectivity index (χ4v) is 1.86. The highest BCUT2D eigenvalue weighted by atomic mass is 19.1. The highest BCUT2D eigenvalue weighted by Gasteiger charge is 2.45. The number of terminal acetylenes is 1. The third-order valence-corrected chi connectivity index (χ3v) is 2.79. The maximum Gasteiger partial charge on any atom is 0.345 e. The van der Waals surface area contributed by atoms with Crippen LogP contribution in [0.1, 0.15) is 17.4 Å². The molecule has 1 aromatic heterocycles. The van der Waals surface area contributed by atoms with Gasteiger partial charge < -0.3 is 14.9 Å². The van der Waals surface area contributed by atoms with E-state index in [1.807, 2.05) is 0 Å². The number of aromatic nitrogens is 2. The van der Waals surface area contributed by atoms with Crippen molar-refractivity contribution in [3.8, 4) is 12.3 Å². The van der Waals surface area contributed by atoms with Crippen molar-refractivity contribution in [2.24, 2.45) is 0 Å². The van der Waals surface area contributed by atoms with E-state index in [1.54, 1.807) is 0 Å². The van der Waals surface area contributed by atoms with Gasteiger partial charge in [-0.2, -0.15) is 0 Å². The van der Waals surface area contributed by atoms with E-state index in [0.717, 1.165) is 6.20 Å². The van der Waals surface area contributed by atoms with E-state index in [9.17, 15) is 14.3 Å². The topological polar surface area (TPSA) is 95.4 Å². The quantitative estimate of drug-likeness (QED) is 0.581. The maximum absolute atomic E-state index is 13.8. The number of aliphatic hydroxyl groups excluding tert-OH is 2. The minimum absolute atomic E-state index is 0.0495. The van der Waals surface area contributed by atoms with Crippen LogP contribution in [0.25, 0.3) is 0 Å². The molecule has 1 fully saturated rings. The molecule has 0 aromatic carbocycles. The van der Waals surface area contributed by atoms with Gasteiger partial charge in [-0.05, 0) is 0 Å². The molecule has 1 unspecified atom stereocenters. The SMILES string of the molecule is C#Cc1[nH]c(=O)ncc1[C@@H]1O[C@H](CO)C(O)[C@@H]1F. The van der Waals surface area contributed by atoms with E-state index in [2.05, 4.69) is 15.9 Å². The molecular formula is C11H11FN2O4. The smallest absolute Gasteiger partial charge is 0.345 e. The number of hydrogen-bond donors (Lipinski definition) is 3. The number of alkyl halides is 1. The number of nitrogens with zero attached hydrogens (tertiary/aromatic N) is 1. The van der Waals surface area contributed by atoms with E-state index >= 15 is 0 Å². The first-order chi connectivity index (χ1) is 8.58. The van der Waals surface area contributed by atoms with E-state index in [0.29, 0.717) is 0 Å². The zero-order chi connectivity index (χ0) is 13.3. The molecule has 6 nitrogen and oxygen atoms in total. The van der Waals surface area contributed by atoms with Crippen LogP contribution in [0.5, 0.6) is 0 Å². The van der Waals surface area contributed by atoms with Gasteiger partial charge in [0.1, 0.15) is 24.0 Å². The van der Waals surface area contributed by atoms with E-state index in [1.165, 1.54) is 0 Å². The summed E-state index contributed by atoms with van der Waals surface area (Å²) in [6.07, 6.45) is 0.925. The molecule has 0 aliphatic carbocycles. The largest absolute Gasteiger partial charge is 0.394 e. The average Bonchev–Trinajstić information content (AvgIpc) is 2.66. The van der Waals surface area contributed by atoms with Crippen molar-refractivity contribution in [2.45, 2.75) is 24.5 Å². The minimum atomic E-state index is -1.75. The lowest BCUT2D eigenvalue weighted by Crippen LogP contribution is -2.30. The van der Waals surface area contributed by atoms with Crippen LogP contribution < -0.4 is 5.69 Å². The second-order valence-corrected chi connectivity index (χ2v) is 3.88. The third kappa shape index (κ3) is 2.01. The van der Waals surface area contributed by atoms with Crippen molar-refractivity contribution in [1.29, 1.82) is 0 Å². The molecule has 0 amide bonds. The third-order valence-electron chi connectivity index (χ3n) is 2.79. The van der Waals surface area contributed by atoms with Crippen molar-refractivity contribution in [1.82, 2.24) is 9.97 Å². The highest BCUT2D eigenvalue weighted by molar-refractivity contribution is 5.34. The summed E-state index contributed by atoms with van der Waals surface area (Å²) < 4.78 is 19.0. The summed E-state index contributed by atoms with van der Waals surface area (Å²) in [6.45, 7) is -0.514. The van der Waals surface area contributed by atoms with Gasteiger partial charge >= 0.3 is 5.69 Å². The van der Waals surface area contributed by atoms with Gasteiger partial charge in [0, 0.05) is 11.8 Å². The van der Waals surface area contributed by atoms with Crippen LogP contribution >= 0.6 is 0 Å². The second kappa shape index (κ2) is 4.86. The van der Waals surface area contributed by atoms with Gasteiger partial charge in [0.15, 0.2) is 6.17 Å². The molecule has 7 heteroatoms. The van der Waals surface area contributed by atoms with Gasteiger partial charge in [-0.15, -0.1) is 6.42 Å². The number of hydrogen-bond acceptors (Lipinski definition) is 5. The summed E-state index contributed by atoms with van der Waals surface area (Å²) in [5, 5.41) is 18.4. The van der Waals surface area contributed by atoms with Crippen LogP contribution in [0.4, 0.5) is 4.39 Å². The van der Waals surface area contributed by atoms with Crippen LogP contribution in [0, 0.1) is 12.3 Å². The first-order valence-electron chi connectivity index (χ1n) is 5.22. The average molecular weight is 254 g/mol. The van der Waals surface area contributed by atoms with Crippen molar-refractivity contribution in [3.05, 3.63) is 27.9 Å². The summed E-state index contributed by atoms with van der Waals surface area (Å²) in [5.41, 5.74) is -0.438. The van der Waals surface area contributed by atoms with Crippen LogP contribution in [-0.2, 0) is 4.74 Å². The number of aliphatic hydroxyl groups is 2. The molecule has 1 aliphatic rings. The molecule has 2 heterocycles. The molecule has 96 valence electrons. The van der Waals surface area contributed by atoms with Gasteiger partial charge in [0.25, 0.3) is 0 Å². The Kier molecular flexibility index (Phi) is 3.43. The summed E-state index contributed by atoms with van der Waals surface area (Å²) in [4.78, 5) is 16.7. The molecule has 3 N–H and O–H groups in total. The van der Waals surface area contributed by atoms with Crippen LogP contribution in [0.15, 0.2) is 11.0 Å². The number of aromatic amines is 1. The number of ether oxygens (including phenoxy) is 1.